The van der Waals surface area contributed by atoms with Crippen molar-refractivity contribution in [2.75, 3.05) is 33.0 Å². The highest BCUT2D eigenvalue weighted by atomic mass is 16.7. The second-order valence-corrected chi connectivity index (χ2v) is 10.5. The maximum Gasteiger partial charge on any atom is 0.508 e. The standard InChI is InChI=1S/C33H44O7/c1-5-6-7-8-9-10-17-36-30-15-13-27(14-16-30)29-19-25(4)31(38-21-26-22-39-33(35)40-23-26)28(20-29)12-11-18-37-32(34)24(2)3/h13-16,19-20,26H,2,5-12,17-18,21-23H2,1,3-4H3. The Hall–Kier alpha value is -3.48. The lowest BCUT2D eigenvalue weighted by atomic mass is 9.96. The summed E-state index contributed by atoms with van der Waals surface area (Å²) in [6.07, 6.45) is 8.12. The minimum absolute atomic E-state index is 0.0370. The molecule has 0 N–H and O–H groups in total. The molecule has 0 bridgehead atoms. The van der Waals surface area contributed by atoms with Gasteiger partial charge in [-0.2, -0.15) is 0 Å². The molecule has 0 spiro atoms. The number of hydrogen-bond acceptors (Lipinski definition) is 7. The number of unbranched alkanes of at least 4 members (excludes halogenated alkanes) is 5. The first-order valence-electron chi connectivity index (χ1n) is 14.5. The SMILES string of the molecule is C=C(C)C(=O)OCCCc1cc(-c2ccc(OCCCCCCCC)cc2)cc(C)c1OCC1COC(=O)OC1. The molecule has 0 radical (unpaired) electrons. The molecule has 2 aromatic rings. The number of esters is 1. The van der Waals surface area contributed by atoms with Gasteiger partial charge in [-0.3, -0.25) is 0 Å². The molecule has 1 aliphatic heterocycles. The Balaban J connectivity index is 1.65. The molecule has 0 saturated carbocycles. The first-order chi connectivity index (χ1) is 19.4. The van der Waals surface area contributed by atoms with Crippen molar-refractivity contribution in [2.24, 2.45) is 5.92 Å². The summed E-state index contributed by atoms with van der Waals surface area (Å²) in [4.78, 5) is 23.0. The van der Waals surface area contributed by atoms with Crippen molar-refractivity contribution in [1.29, 1.82) is 0 Å². The van der Waals surface area contributed by atoms with Gasteiger partial charge in [-0.05, 0) is 79.6 Å². The van der Waals surface area contributed by atoms with E-state index in [-0.39, 0.29) is 25.1 Å². The normalized spacial score (nSPS) is 13.3. The lowest BCUT2D eigenvalue weighted by molar-refractivity contribution is -0.139. The first-order valence-corrected chi connectivity index (χ1v) is 14.5. The predicted octanol–water partition coefficient (Wildman–Crippen LogP) is 7.62. The van der Waals surface area contributed by atoms with Gasteiger partial charge in [0.25, 0.3) is 0 Å². The number of benzene rings is 2. The van der Waals surface area contributed by atoms with Gasteiger partial charge in [0.05, 0.1) is 25.7 Å². The minimum Gasteiger partial charge on any atom is -0.494 e. The van der Waals surface area contributed by atoms with Gasteiger partial charge < -0.3 is 23.7 Å². The van der Waals surface area contributed by atoms with E-state index in [1.165, 1.54) is 32.1 Å². The summed E-state index contributed by atoms with van der Waals surface area (Å²) in [6, 6.07) is 12.5. The Labute approximate surface area is 238 Å². The molecular formula is C33H44O7. The molecule has 7 heteroatoms. The van der Waals surface area contributed by atoms with Gasteiger partial charge in [0.15, 0.2) is 0 Å². The van der Waals surface area contributed by atoms with E-state index in [1.807, 2.05) is 19.1 Å². The Morgan fingerprint density at radius 3 is 2.33 bits per heavy atom. The van der Waals surface area contributed by atoms with Gasteiger partial charge >= 0.3 is 12.1 Å². The van der Waals surface area contributed by atoms with Gasteiger partial charge in [-0.25, -0.2) is 9.59 Å². The zero-order chi connectivity index (χ0) is 28.7. The fourth-order valence-corrected chi connectivity index (χ4v) is 4.53. The summed E-state index contributed by atoms with van der Waals surface area (Å²) in [5.74, 6) is 1.26. The first kappa shape index (κ1) is 31.1. The topological polar surface area (TPSA) is 80.3 Å². The van der Waals surface area contributed by atoms with Crippen LogP contribution in [0.1, 0.15) is 69.9 Å². The quantitative estimate of drug-likeness (QED) is 0.113. The molecule has 1 saturated heterocycles. The predicted molar refractivity (Wildman–Crippen MR) is 156 cm³/mol. The largest absolute Gasteiger partial charge is 0.508 e. The number of aryl methyl sites for hydroxylation is 2. The average Bonchev–Trinajstić information content (AvgIpc) is 2.95. The number of cyclic esters (lactones) is 2. The Kier molecular flexibility index (Phi) is 12.9. The van der Waals surface area contributed by atoms with Crippen molar-refractivity contribution in [3.63, 3.8) is 0 Å². The molecular weight excluding hydrogens is 508 g/mol. The van der Waals surface area contributed by atoms with Crippen LogP contribution in [-0.4, -0.2) is 45.2 Å². The van der Waals surface area contributed by atoms with E-state index in [0.717, 1.165) is 46.8 Å². The van der Waals surface area contributed by atoms with Crippen LogP contribution in [0.15, 0.2) is 48.6 Å². The smallest absolute Gasteiger partial charge is 0.494 e. The van der Waals surface area contributed by atoms with Crippen LogP contribution in [0.25, 0.3) is 11.1 Å². The fraction of sp³-hybridized carbons (Fsp3) is 0.515. The van der Waals surface area contributed by atoms with E-state index < -0.39 is 6.16 Å². The maximum absolute atomic E-state index is 11.8. The molecule has 0 unspecified atom stereocenters. The Morgan fingerprint density at radius 1 is 0.925 bits per heavy atom. The Bertz CT molecular complexity index is 1100. The molecule has 0 amide bonds. The van der Waals surface area contributed by atoms with Crippen LogP contribution in [0.5, 0.6) is 11.5 Å². The molecule has 1 fully saturated rings. The van der Waals surface area contributed by atoms with Crippen LogP contribution >= 0.6 is 0 Å². The highest BCUT2D eigenvalue weighted by Gasteiger charge is 2.22. The van der Waals surface area contributed by atoms with Crippen LogP contribution in [-0.2, 0) is 25.4 Å². The molecule has 3 rings (SSSR count). The lowest BCUT2D eigenvalue weighted by Crippen LogP contribution is -2.31. The summed E-state index contributed by atoms with van der Waals surface area (Å²) < 4.78 is 27.5. The van der Waals surface area contributed by atoms with Crippen molar-refractivity contribution in [2.45, 2.75) is 72.1 Å². The molecule has 218 valence electrons. The van der Waals surface area contributed by atoms with Crippen LogP contribution < -0.4 is 9.47 Å². The number of carbonyl (C=O) groups excluding carboxylic acids is 2. The molecule has 0 atom stereocenters. The van der Waals surface area contributed by atoms with E-state index >= 15 is 0 Å². The van der Waals surface area contributed by atoms with E-state index in [2.05, 4.69) is 37.8 Å². The number of rotatable bonds is 17. The van der Waals surface area contributed by atoms with Crippen molar-refractivity contribution in [3.05, 3.63) is 59.7 Å². The van der Waals surface area contributed by atoms with Crippen LogP contribution in [0.2, 0.25) is 0 Å². The zero-order valence-electron chi connectivity index (χ0n) is 24.3. The van der Waals surface area contributed by atoms with Crippen molar-refractivity contribution < 1.29 is 33.3 Å². The second kappa shape index (κ2) is 16.6. The van der Waals surface area contributed by atoms with E-state index in [4.69, 9.17) is 23.7 Å². The third-order valence-electron chi connectivity index (χ3n) is 6.82. The van der Waals surface area contributed by atoms with Crippen molar-refractivity contribution in [1.82, 2.24) is 0 Å². The molecule has 40 heavy (non-hydrogen) atoms. The average molecular weight is 553 g/mol. The number of hydrogen-bond donors (Lipinski definition) is 0. The second-order valence-electron chi connectivity index (χ2n) is 10.5. The molecule has 1 aliphatic rings. The van der Waals surface area contributed by atoms with E-state index in [0.29, 0.717) is 31.6 Å². The maximum atomic E-state index is 11.8. The molecule has 2 aromatic carbocycles. The third kappa shape index (κ3) is 10.2. The fourth-order valence-electron chi connectivity index (χ4n) is 4.53. The highest BCUT2D eigenvalue weighted by molar-refractivity contribution is 5.86. The van der Waals surface area contributed by atoms with Gasteiger partial charge in [0.2, 0.25) is 0 Å². The molecule has 0 aliphatic carbocycles. The summed E-state index contributed by atoms with van der Waals surface area (Å²) >= 11 is 0. The number of carbonyl (C=O) groups is 2. The van der Waals surface area contributed by atoms with Crippen LogP contribution in [0.4, 0.5) is 4.79 Å². The van der Waals surface area contributed by atoms with Gasteiger partial charge in [0.1, 0.15) is 24.7 Å². The molecule has 7 nitrogen and oxygen atoms in total. The highest BCUT2D eigenvalue weighted by Crippen LogP contribution is 2.33. The van der Waals surface area contributed by atoms with Gasteiger partial charge in [0, 0.05) is 5.57 Å². The van der Waals surface area contributed by atoms with Gasteiger partial charge in [-0.1, -0.05) is 57.7 Å². The molecule has 1 heterocycles. The van der Waals surface area contributed by atoms with Crippen molar-refractivity contribution in [3.8, 4) is 22.6 Å². The van der Waals surface area contributed by atoms with Crippen LogP contribution in [0.3, 0.4) is 0 Å². The van der Waals surface area contributed by atoms with Crippen LogP contribution in [0, 0.1) is 12.8 Å². The Morgan fingerprint density at radius 2 is 1.62 bits per heavy atom. The summed E-state index contributed by atoms with van der Waals surface area (Å²) in [6.45, 7) is 11.5. The van der Waals surface area contributed by atoms with Crippen molar-refractivity contribution >= 4 is 12.1 Å². The van der Waals surface area contributed by atoms with Gasteiger partial charge in [-0.15, -0.1) is 0 Å². The summed E-state index contributed by atoms with van der Waals surface area (Å²) in [5.41, 5.74) is 4.58. The molecule has 0 aromatic heterocycles. The summed E-state index contributed by atoms with van der Waals surface area (Å²) in [5, 5.41) is 0. The van der Waals surface area contributed by atoms with E-state index in [9.17, 15) is 9.59 Å². The van der Waals surface area contributed by atoms with E-state index in [1.54, 1.807) is 6.92 Å². The third-order valence-corrected chi connectivity index (χ3v) is 6.82. The monoisotopic (exact) mass is 552 g/mol. The minimum atomic E-state index is -0.638. The number of ether oxygens (including phenoxy) is 5. The zero-order valence-corrected chi connectivity index (χ0v) is 24.3. The lowest BCUT2D eigenvalue weighted by Gasteiger charge is -2.23. The summed E-state index contributed by atoms with van der Waals surface area (Å²) in [7, 11) is 0.